The van der Waals surface area contributed by atoms with Crippen LogP contribution in [0.1, 0.15) is 19.3 Å². The lowest BCUT2D eigenvalue weighted by molar-refractivity contribution is 0.346. The Labute approximate surface area is 56.7 Å². The second-order valence-corrected chi connectivity index (χ2v) is 2.50. The van der Waals surface area contributed by atoms with Crippen LogP contribution in [0.25, 0.3) is 0 Å². The van der Waals surface area contributed by atoms with Crippen LogP contribution in [-0.4, -0.2) is 18.5 Å². The molecule has 50 valence electrons. The molecule has 0 amide bonds. The standard InChI is InChI=1S/C8H13N/c1-3-8-6-4-5-7-9(8)2/h1,4-7H2,2H3. The minimum Gasteiger partial charge on any atom is -0.372 e. The van der Waals surface area contributed by atoms with E-state index in [0.29, 0.717) is 0 Å². The molecule has 1 aliphatic rings. The van der Waals surface area contributed by atoms with Crippen LogP contribution < -0.4 is 0 Å². The molecule has 0 saturated carbocycles. The Morgan fingerprint density at radius 1 is 1.56 bits per heavy atom. The highest BCUT2D eigenvalue weighted by molar-refractivity contribution is 4.99. The number of hydrogen-bond acceptors (Lipinski definition) is 1. The summed E-state index contributed by atoms with van der Waals surface area (Å²) in [6.45, 7) is 4.81. The van der Waals surface area contributed by atoms with Gasteiger partial charge in [0.1, 0.15) is 0 Å². The summed E-state index contributed by atoms with van der Waals surface area (Å²) in [5, 5.41) is 0. The maximum atomic E-state index is 3.63. The molecule has 0 N–H and O–H groups in total. The van der Waals surface area contributed by atoms with E-state index in [2.05, 4.69) is 24.3 Å². The van der Waals surface area contributed by atoms with Crippen LogP contribution >= 0.6 is 0 Å². The molecule has 0 aliphatic carbocycles. The molecule has 0 aromatic carbocycles. The highest BCUT2D eigenvalue weighted by Gasteiger charge is 2.08. The molecule has 1 saturated heterocycles. The molecule has 0 spiro atoms. The second kappa shape index (κ2) is 2.75. The molecule has 0 unspecified atom stereocenters. The van der Waals surface area contributed by atoms with Gasteiger partial charge >= 0.3 is 0 Å². The highest BCUT2D eigenvalue weighted by Crippen LogP contribution is 2.16. The first-order valence-electron chi connectivity index (χ1n) is 3.44. The van der Waals surface area contributed by atoms with Crippen LogP contribution in [0.5, 0.6) is 0 Å². The van der Waals surface area contributed by atoms with Crippen LogP contribution in [0, 0.1) is 0 Å². The number of rotatable bonds is 0. The van der Waals surface area contributed by atoms with Crippen LogP contribution in [0.4, 0.5) is 0 Å². The van der Waals surface area contributed by atoms with E-state index in [4.69, 9.17) is 0 Å². The summed E-state index contributed by atoms with van der Waals surface area (Å²) in [7, 11) is 2.10. The van der Waals surface area contributed by atoms with Crippen molar-refractivity contribution in [3.8, 4) is 0 Å². The fourth-order valence-electron chi connectivity index (χ4n) is 1.19. The molecule has 1 heteroatoms. The van der Waals surface area contributed by atoms with Crippen molar-refractivity contribution in [1.82, 2.24) is 4.90 Å². The van der Waals surface area contributed by atoms with Crippen molar-refractivity contribution in [2.75, 3.05) is 13.6 Å². The monoisotopic (exact) mass is 123 g/mol. The quantitative estimate of drug-likeness (QED) is 0.444. The average Bonchev–Trinajstić information content (AvgIpc) is 1.89. The van der Waals surface area contributed by atoms with Gasteiger partial charge in [-0.15, -0.1) is 5.73 Å². The molecular weight excluding hydrogens is 110 g/mol. The van der Waals surface area contributed by atoms with E-state index in [1.807, 2.05) is 0 Å². The number of piperidine rings is 1. The summed E-state index contributed by atoms with van der Waals surface area (Å²) in [4.78, 5) is 2.23. The van der Waals surface area contributed by atoms with Crippen molar-refractivity contribution in [1.29, 1.82) is 0 Å². The van der Waals surface area contributed by atoms with E-state index >= 15 is 0 Å². The van der Waals surface area contributed by atoms with Gasteiger partial charge in [-0.1, -0.05) is 6.58 Å². The van der Waals surface area contributed by atoms with Gasteiger partial charge in [0, 0.05) is 13.6 Å². The van der Waals surface area contributed by atoms with Gasteiger partial charge in [0.2, 0.25) is 0 Å². The first-order valence-corrected chi connectivity index (χ1v) is 3.44. The van der Waals surface area contributed by atoms with Gasteiger partial charge in [-0.25, -0.2) is 0 Å². The third-order valence-electron chi connectivity index (χ3n) is 1.82. The molecule has 1 aliphatic heterocycles. The van der Waals surface area contributed by atoms with E-state index in [-0.39, 0.29) is 0 Å². The zero-order valence-electron chi connectivity index (χ0n) is 5.98. The second-order valence-electron chi connectivity index (χ2n) is 2.50. The van der Waals surface area contributed by atoms with E-state index in [1.54, 1.807) is 0 Å². The molecule has 1 rings (SSSR count). The molecule has 9 heavy (non-hydrogen) atoms. The van der Waals surface area contributed by atoms with Gasteiger partial charge in [0.25, 0.3) is 0 Å². The largest absolute Gasteiger partial charge is 0.372 e. The van der Waals surface area contributed by atoms with E-state index in [9.17, 15) is 0 Å². The number of likely N-dealkylation sites (tertiary alicyclic amines) is 1. The first kappa shape index (κ1) is 6.44. The van der Waals surface area contributed by atoms with Gasteiger partial charge in [-0.2, -0.15) is 0 Å². The fourth-order valence-corrected chi connectivity index (χ4v) is 1.19. The summed E-state index contributed by atoms with van der Waals surface area (Å²) in [5.74, 6) is 0. The smallest absolute Gasteiger partial charge is 0.0555 e. The normalized spacial score (nSPS) is 19.7. The highest BCUT2D eigenvalue weighted by atomic mass is 15.1. The van der Waals surface area contributed by atoms with Gasteiger partial charge in [-0.05, 0) is 19.3 Å². The lowest BCUT2D eigenvalue weighted by Crippen LogP contribution is -2.22. The third-order valence-corrected chi connectivity index (χ3v) is 1.82. The maximum Gasteiger partial charge on any atom is 0.0555 e. The van der Waals surface area contributed by atoms with Gasteiger partial charge in [-0.3, -0.25) is 0 Å². The van der Waals surface area contributed by atoms with Crippen molar-refractivity contribution in [3.05, 3.63) is 18.0 Å². The Hall–Kier alpha value is -0.680. The lowest BCUT2D eigenvalue weighted by atomic mass is 10.1. The summed E-state index contributed by atoms with van der Waals surface area (Å²) < 4.78 is 0. The summed E-state index contributed by atoms with van der Waals surface area (Å²) >= 11 is 0. The molecule has 1 nitrogen and oxygen atoms in total. The first-order chi connectivity index (χ1) is 4.34. The maximum absolute atomic E-state index is 3.63. The molecule has 0 aromatic rings. The molecule has 0 aromatic heterocycles. The van der Waals surface area contributed by atoms with Gasteiger partial charge < -0.3 is 4.90 Å². The minimum atomic E-state index is 1.17. The zero-order valence-corrected chi connectivity index (χ0v) is 5.98. The number of allylic oxidation sites excluding steroid dienone is 1. The molecule has 0 atom stereocenters. The fraction of sp³-hybridized carbons (Fsp3) is 0.625. The van der Waals surface area contributed by atoms with Crippen LogP contribution in [-0.2, 0) is 0 Å². The predicted octanol–water partition coefficient (Wildman–Crippen LogP) is 1.77. The third kappa shape index (κ3) is 1.36. The Bertz CT molecular complexity index is 143. The minimum absolute atomic E-state index is 1.17. The van der Waals surface area contributed by atoms with Crippen molar-refractivity contribution in [3.63, 3.8) is 0 Å². The summed E-state index contributed by atoms with van der Waals surface area (Å²) in [6.07, 6.45) is 3.80. The van der Waals surface area contributed by atoms with Crippen LogP contribution in [0.3, 0.4) is 0 Å². The van der Waals surface area contributed by atoms with E-state index in [1.165, 1.54) is 31.5 Å². The summed E-state index contributed by atoms with van der Waals surface area (Å²) in [5.41, 5.74) is 4.23. The van der Waals surface area contributed by atoms with Gasteiger partial charge in [0.15, 0.2) is 0 Å². The van der Waals surface area contributed by atoms with Crippen molar-refractivity contribution >= 4 is 0 Å². The molecular formula is C8H13N. The van der Waals surface area contributed by atoms with Crippen molar-refractivity contribution < 1.29 is 0 Å². The van der Waals surface area contributed by atoms with Crippen LogP contribution in [0.15, 0.2) is 18.0 Å². The Balaban J connectivity index is 2.59. The van der Waals surface area contributed by atoms with E-state index < -0.39 is 0 Å². The predicted molar refractivity (Wildman–Crippen MR) is 39.1 cm³/mol. The van der Waals surface area contributed by atoms with Crippen molar-refractivity contribution in [2.45, 2.75) is 19.3 Å². The van der Waals surface area contributed by atoms with E-state index in [0.717, 1.165) is 0 Å². The lowest BCUT2D eigenvalue weighted by Gasteiger charge is -2.25. The SMILES string of the molecule is C=C=C1CCCCN1C. The Morgan fingerprint density at radius 3 is 2.78 bits per heavy atom. The number of nitrogens with zero attached hydrogens (tertiary/aromatic N) is 1. The Kier molecular flexibility index (Phi) is 1.96. The molecule has 1 fully saturated rings. The molecule has 1 heterocycles. The van der Waals surface area contributed by atoms with Crippen LogP contribution in [0.2, 0.25) is 0 Å². The topological polar surface area (TPSA) is 3.24 Å². The summed E-state index contributed by atoms with van der Waals surface area (Å²) in [6, 6.07) is 0. The number of hydrogen-bond donors (Lipinski definition) is 0. The Morgan fingerprint density at radius 2 is 2.33 bits per heavy atom. The molecule has 0 radical (unpaired) electrons. The van der Waals surface area contributed by atoms with Crippen molar-refractivity contribution in [2.24, 2.45) is 0 Å². The van der Waals surface area contributed by atoms with Gasteiger partial charge in [0.05, 0.1) is 5.70 Å². The zero-order chi connectivity index (χ0) is 6.69. The average molecular weight is 123 g/mol. The molecule has 0 bridgehead atoms.